The van der Waals surface area contributed by atoms with Crippen molar-refractivity contribution in [3.05, 3.63) is 34.9 Å². The quantitative estimate of drug-likeness (QED) is 0.781. The number of rotatable bonds is 4. The Morgan fingerprint density at radius 2 is 2.14 bits per heavy atom. The first-order valence-corrected chi connectivity index (χ1v) is 6.91. The molecule has 0 saturated carbocycles. The Labute approximate surface area is 123 Å². The van der Waals surface area contributed by atoms with Crippen LogP contribution < -0.4 is 11.1 Å². The van der Waals surface area contributed by atoms with Crippen molar-refractivity contribution in [2.24, 2.45) is 5.73 Å². The fourth-order valence-corrected chi connectivity index (χ4v) is 2.39. The number of piperazine rings is 1. The standard InChI is InChI=1S/C15H19N3O3/c1-3-12-15(21)18(13(19)7-17-12)8-11-5-4-10(14(16)20)6-9(11)2/h4-6,12,17H,3,7-8H2,1-2H3,(H2,16,20). The summed E-state index contributed by atoms with van der Waals surface area (Å²) in [6.07, 6.45) is 0.641. The summed E-state index contributed by atoms with van der Waals surface area (Å²) >= 11 is 0. The van der Waals surface area contributed by atoms with E-state index in [2.05, 4.69) is 5.32 Å². The zero-order chi connectivity index (χ0) is 15.6. The second kappa shape index (κ2) is 6.05. The molecule has 3 amide bonds. The molecule has 1 aromatic rings. The van der Waals surface area contributed by atoms with E-state index in [1.54, 1.807) is 18.2 Å². The minimum atomic E-state index is -0.495. The maximum atomic E-state index is 12.2. The highest BCUT2D eigenvalue weighted by Crippen LogP contribution is 2.16. The van der Waals surface area contributed by atoms with Crippen molar-refractivity contribution < 1.29 is 14.4 Å². The number of nitrogens with two attached hydrogens (primary N) is 1. The van der Waals surface area contributed by atoms with Crippen molar-refractivity contribution in [1.82, 2.24) is 10.2 Å². The van der Waals surface area contributed by atoms with Gasteiger partial charge < -0.3 is 5.73 Å². The Morgan fingerprint density at radius 3 is 2.71 bits per heavy atom. The normalized spacial score (nSPS) is 19.0. The molecule has 1 aliphatic rings. The van der Waals surface area contributed by atoms with E-state index in [1.165, 1.54) is 4.90 Å². The predicted octanol–water partition coefficient (Wildman–Crippen LogP) is 0.331. The molecule has 0 aliphatic carbocycles. The van der Waals surface area contributed by atoms with Crippen LogP contribution in [-0.2, 0) is 16.1 Å². The first-order valence-electron chi connectivity index (χ1n) is 6.91. The summed E-state index contributed by atoms with van der Waals surface area (Å²) in [7, 11) is 0. The van der Waals surface area contributed by atoms with Gasteiger partial charge in [-0.3, -0.25) is 24.6 Å². The van der Waals surface area contributed by atoms with Gasteiger partial charge in [0.1, 0.15) is 0 Å². The molecule has 0 radical (unpaired) electrons. The third kappa shape index (κ3) is 3.11. The summed E-state index contributed by atoms with van der Waals surface area (Å²) in [5, 5.41) is 2.92. The lowest BCUT2D eigenvalue weighted by Crippen LogP contribution is -2.57. The summed E-state index contributed by atoms with van der Waals surface area (Å²) < 4.78 is 0. The smallest absolute Gasteiger partial charge is 0.248 e. The summed E-state index contributed by atoms with van der Waals surface area (Å²) in [5.74, 6) is -0.930. The highest BCUT2D eigenvalue weighted by molar-refractivity contribution is 6.01. The van der Waals surface area contributed by atoms with Crippen LogP contribution >= 0.6 is 0 Å². The molecule has 2 rings (SSSR count). The Morgan fingerprint density at radius 1 is 1.43 bits per heavy atom. The highest BCUT2D eigenvalue weighted by Gasteiger charge is 2.32. The number of carbonyl (C=O) groups is 3. The average molecular weight is 289 g/mol. The number of benzene rings is 1. The van der Waals surface area contributed by atoms with Gasteiger partial charge in [0, 0.05) is 5.56 Å². The molecular formula is C15H19N3O3. The van der Waals surface area contributed by atoms with Crippen LogP contribution in [0.15, 0.2) is 18.2 Å². The largest absolute Gasteiger partial charge is 0.366 e. The van der Waals surface area contributed by atoms with E-state index in [0.29, 0.717) is 12.0 Å². The summed E-state index contributed by atoms with van der Waals surface area (Å²) in [5.41, 5.74) is 7.31. The van der Waals surface area contributed by atoms with Gasteiger partial charge in [0.25, 0.3) is 0 Å². The minimum Gasteiger partial charge on any atom is -0.366 e. The average Bonchev–Trinajstić information content (AvgIpc) is 2.44. The fraction of sp³-hybridized carbons (Fsp3) is 0.400. The maximum absolute atomic E-state index is 12.2. The van der Waals surface area contributed by atoms with Gasteiger partial charge in [0.05, 0.1) is 19.1 Å². The van der Waals surface area contributed by atoms with Gasteiger partial charge in [-0.1, -0.05) is 13.0 Å². The molecule has 1 unspecified atom stereocenters. The van der Waals surface area contributed by atoms with Crippen LogP contribution in [0.1, 0.15) is 34.8 Å². The van der Waals surface area contributed by atoms with E-state index in [0.717, 1.165) is 11.1 Å². The Balaban J connectivity index is 2.22. The first kappa shape index (κ1) is 15.2. The number of hydrogen-bond acceptors (Lipinski definition) is 4. The van der Waals surface area contributed by atoms with Crippen LogP contribution in [0.4, 0.5) is 0 Å². The van der Waals surface area contributed by atoms with Crippen molar-refractivity contribution in [2.45, 2.75) is 32.9 Å². The summed E-state index contributed by atoms with van der Waals surface area (Å²) in [4.78, 5) is 36.6. The molecule has 112 valence electrons. The maximum Gasteiger partial charge on any atom is 0.248 e. The predicted molar refractivity (Wildman–Crippen MR) is 77.3 cm³/mol. The molecule has 1 fully saturated rings. The third-order valence-corrected chi connectivity index (χ3v) is 3.73. The molecular weight excluding hydrogens is 270 g/mol. The molecule has 0 bridgehead atoms. The molecule has 1 heterocycles. The third-order valence-electron chi connectivity index (χ3n) is 3.73. The SMILES string of the molecule is CCC1NCC(=O)N(Cc2ccc(C(N)=O)cc2C)C1=O. The van der Waals surface area contributed by atoms with E-state index in [9.17, 15) is 14.4 Å². The molecule has 1 atom stereocenters. The van der Waals surface area contributed by atoms with Crippen LogP contribution in [0, 0.1) is 6.92 Å². The van der Waals surface area contributed by atoms with Gasteiger partial charge >= 0.3 is 0 Å². The lowest BCUT2D eigenvalue weighted by atomic mass is 10.0. The van der Waals surface area contributed by atoms with Gasteiger partial charge in [0.15, 0.2) is 0 Å². The molecule has 1 aliphatic heterocycles. The van der Waals surface area contributed by atoms with Crippen LogP contribution in [0.25, 0.3) is 0 Å². The van der Waals surface area contributed by atoms with Gasteiger partial charge in [-0.15, -0.1) is 0 Å². The van der Waals surface area contributed by atoms with Crippen molar-refractivity contribution in [2.75, 3.05) is 6.54 Å². The number of carbonyl (C=O) groups excluding carboxylic acids is 3. The van der Waals surface area contributed by atoms with Crippen molar-refractivity contribution in [1.29, 1.82) is 0 Å². The molecule has 0 spiro atoms. The zero-order valence-corrected chi connectivity index (χ0v) is 12.2. The first-order chi connectivity index (χ1) is 9.93. The Hall–Kier alpha value is -2.21. The molecule has 0 aromatic heterocycles. The van der Waals surface area contributed by atoms with Gasteiger partial charge in [-0.05, 0) is 36.6 Å². The van der Waals surface area contributed by atoms with E-state index < -0.39 is 5.91 Å². The van der Waals surface area contributed by atoms with Gasteiger partial charge in [-0.25, -0.2) is 0 Å². The fourth-order valence-electron chi connectivity index (χ4n) is 2.39. The van der Waals surface area contributed by atoms with E-state index >= 15 is 0 Å². The number of amides is 3. The number of aryl methyl sites for hydroxylation is 1. The lowest BCUT2D eigenvalue weighted by molar-refractivity contribution is -0.150. The molecule has 6 nitrogen and oxygen atoms in total. The van der Waals surface area contributed by atoms with E-state index in [1.807, 2.05) is 13.8 Å². The van der Waals surface area contributed by atoms with Gasteiger partial charge in [-0.2, -0.15) is 0 Å². The van der Waals surface area contributed by atoms with Crippen molar-refractivity contribution >= 4 is 17.7 Å². The van der Waals surface area contributed by atoms with E-state index in [4.69, 9.17) is 5.73 Å². The minimum absolute atomic E-state index is 0.169. The number of primary amides is 1. The molecule has 3 N–H and O–H groups in total. The second-order valence-corrected chi connectivity index (χ2v) is 5.17. The van der Waals surface area contributed by atoms with E-state index in [-0.39, 0.29) is 30.9 Å². The van der Waals surface area contributed by atoms with Crippen molar-refractivity contribution in [3.8, 4) is 0 Å². The van der Waals surface area contributed by atoms with Crippen LogP contribution in [0.2, 0.25) is 0 Å². The number of nitrogens with zero attached hydrogens (tertiary/aromatic N) is 1. The molecule has 21 heavy (non-hydrogen) atoms. The molecule has 6 heteroatoms. The lowest BCUT2D eigenvalue weighted by Gasteiger charge is -2.31. The summed E-state index contributed by atoms with van der Waals surface area (Å²) in [6.45, 7) is 4.12. The topological polar surface area (TPSA) is 92.5 Å². The van der Waals surface area contributed by atoms with Crippen molar-refractivity contribution in [3.63, 3.8) is 0 Å². The molecule has 1 saturated heterocycles. The molecule has 1 aromatic carbocycles. The highest BCUT2D eigenvalue weighted by atomic mass is 16.2. The number of hydrogen-bond donors (Lipinski definition) is 2. The second-order valence-electron chi connectivity index (χ2n) is 5.17. The monoisotopic (exact) mass is 289 g/mol. The Bertz CT molecular complexity index is 598. The number of imide groups is 1. The van der Waals surface area contributed by atoms with Gasteiger partial charge in [0.2, 0.25) is 17.7 Å². The Kier molecular flexibility index (Phi) is 4.37. The van der Waals surface area contributed by atoms with Crippen LogP contribution in [0.3, 0.4) is 0 Å². The van der Waals surface area contributed by atoms with Crippen LogP contribution in [-0.4, -0.2) is 35.2 Å². The number of nitrogens with one attached hydrogen (secondary N) is 1. The zero-order valence-electron chi connectivity index (χ0n) is 12.2. The summed E-state index contributed by atoms with van der Waals surface area (Å²) in [6, 6.07) is 4.71. The van der Waals surface area contributed by atoms with Crippen LogP contribution in [0.5, 0.6) is 0 Å².